The maximum Gasteiger partial charge on any atom is 0.309 e. The molecule has 4 nitrogen and oxygen atoms in total. The van der Waals surface area contributed by atoms with Crippen LogP contribution in [0.5, 0.6) is 0 Å². The summed E-state index contributed by atoms with van der Waals surface area (Å²) in [5, 5.41) is 3.38. The van der Waals surface area contributed by atoms with Crippen molar-refractivity contribution >= 4 is 5.97 Å². The second-order valence-electron chi connectivity index (χ2n) is 4.20. The van der Waals surface area contributed by atoms with Crippen molar-refractivity contribution in [1.82, 2.24) is 5.32 Å². The van der Waals surface area contributed by atoms with E-state index in [1.54, 1.807) is 7.11 Å². The normalized spacial score (nSPS) is 27.7. The van der Waals surface area contributed by atoms with Gasteiger partial charge in [0, 0.05) is 19.7 Å². The van der Waals surface area contributed by atoms with Gasteiger partial charge in [-0.15, -0.1) is 0 Å². The van der Waals surface area contributed by atoms with E-state index in [0.717, 1.165) is 19.3 Å². The zero-order valence-corrected chi connectivity index (χ0v) is 9.79. The van der Waals surface area contributed by atoms with Gasteiger partial charge < -0.3 is 14.8 Å². The summed E-state index contributed by atoms with van der Waals surface area (Å²) in [6.07, 6.45) is 3.67. The molecule has 3 atom stereocenters. The van der Waals surface area contributed by atoms with Crippen molar-refractivity contribution in [3.8, 4) is 0 Å². The van der Waals surface area contributed by atoms with Crippen molar-refractivity contribution < 1.29 is 14.3 Å². The van der Waals surface area contributed by atoms with Crippen LogP contribution in [0.15, 0.2) is 0 Å². The van der Waals surface area contributed by atoms with E-state index in [2.05, 4.69) is 10.1 Å². The first kappa shape index (κ1) is 12.5. The number of hydrogen-bond acceptors (Lipinski definition) is 4. The SMILES string of the molecule is COC(=O)C(C)CNC1CCC(OC)C1. The van der Waals surface area contributed by atoms with E-state index in [1.807, 2.05) is 6.92 Å². The molecule has 15 heavy (non-hydrogen) atoms. The maximum absolute atomic E-state index is 11.2. The standard InChI is InChI=1S/C11H21NO3/c1-8(11(13)15-3)7-12-9-4-5-10(6-9)14-2/h8-10,12H,4-7H2,1-3H3. The summed E-state index contributed by atoms with van der Waals surface area (Å²) in [6.45, 7) is 2.56. The number of carbonyl (C=O) groups is 1. The average Bonchev–Trinajstić information content (AvgIpc) is 2.72. The Balaban J connectivity index is 2.18. The Bertz CT molecular complexity index is 208. The van der Waals surface area contributed by atoms with Crippen LogP contribution in [0.1, 0.15) is 26.2 Å². The lowest BCUT2D eigenvalue weighted by Crippen LogP contribution is -2.34. The molecular formula is C11H21NO3. The Labute approximate surface area is 91.3 Å². The van der Waals surface area contributed by atoms with Gasteiger partial charge in [0.05, 0.1) is 19.1 Å². The van der Waals surface area contributed by atoms with Gasteiger partial charge in [-0.3, -0.25) is 4.79 Å². The minimum absolute atomic E-state index is 0.0726. The predicted molar refractivity (Wildman–Crippen MR) is 57.6 cm³/mol. The molecule has 0 amide bonds. The van der Waals surface area contributed by atoms with E-state index in [0.29, 0.717) is 18.7 Å². The Morgan fingerprint density at radius 1 is 1.47 bits per heavy atom. The van der Waals surface area contributed by atoms with Crippen molar-refractivity contribution in [3.63, 3.8) is 0 Å². The van der Waals surface area contributed by atoms with Gasteiger partial charge in [-0.2, -0.15) is 0 Å². The van der Waals surface area contributed by atoms with E-state index in [4.69, 9.17) is 4.74 Å². The molecule has 0 aliphatic heterocycles. The second kappa shape index (κ2) is 6.08. The van der Waals surface area contributed by atoms with Gasteiger partial charge in [0.25, 0.3) is 0 Å². The quantitative estimate of drug-likeness (QED) is 0.694. The number of carbonyl (C=O) groups excluding carboxylic acids is 1. The highest BCUT2D eigenvalue weighted by Crippen LogP contribution is 2.21. The Morgan fingerprint density at radius 3 is 2.73 bits per heavy atom. The van der Waals surface area contributed by atoms with Crippen LogP contribution in [0.2, 0.25) is 0 Å². The molecule has 1 aliphatic carbocycles. The molecule has 0 radical (unpaired) electrons. The zero-order chi connectivity index (χ0) is 11.3. The molecule has 0 saturated heterocycles. The fourth-order valence-electron chi connectivity index (χ4n) is 1.97. The van der Waals surface area contributed by atoms with E-state index in [-0.39, 0.29) is 11.9 Å². The number of esters is 1. The molecule has 1 saturated carbocycles. The summed E-state index contributed by atoms with van der Waals surface area (Å²) in [5.74, 6) is -0.222. The molecule has 0 bridgehead atoms. The molecule has 0 aromatic carbocycles. The summed E-state index contributed by atoms with van der Waals surface area (Å²) < 4.78 is 9.95. The van der Waals surface area contributed by atoms with Gasteiger partial charge in [0.15, 0.2) is 0 Å². The molecule has 0 aromatic rings. The summed E-state index contributed by atoms with van der Waals surface area (Å²) in [6, 6.07) is 0.488. The third-order valence-corrected chi connectivity index (χ3v) is 3.03. The summed E-state index contributed by atoms with van der Waals surface area (Å²) in [7, 11) is 3.18. The average molecular weight is 215 g/mol. The van der Waals surface area contributed by atoms with Crippen LogP contribution < -0.4 is 5.32 Å². The predicted octanol–water partition coefficient (Wildman–Crippen LogP) is 0.953. The lowest BCUT2D eigenvalue weighted by molar-refractivity contribution is -0.144. The highest BCUT2D eigenvalue weighted by atomic mass is 16.5. The molecule has 88 valence electrons. The van der Waals surface area contributed by atoms with Crippen LogP contribution in [0.3, 0.4) is 0 Å². The molecule has 1 aliphatic rings. The molecule has 1 rings (SSSR count). The van der Waals surface area contributed by atoms with Crippen molar-refractivity contribution in [1.29, 1.82) is 0 Å². The molecule has 1 fully saturated rings. The van der Waals surface area contributed by atoms with E-state index >= 15 is 0 Å². The van der Waals surface area contributed by atoms with Gasteiger partial charge in [0.1, 0.15) is 0 Å². The number of rotatable bonds is 5. The van der Waals surface area contributed by atoms with Gasteiger partial charge in [-0.1, -0.05) is 6.92 Å². The van der Waals surface area contributed by atoms with E-state index in [9.17, 15) is 4.79 Å². The van der Waals surface area contributed by atoms with Crippen molar-refractivity contribution in [2.75, 3.05) is 20.8 Å². The maximum atomic E-state index is 11.2. The largest absolute Gasteiger partial charge is 0.469 e. The molecule has 4 heteroatoms. The molecule has 3 unspecified atom stereocenters. The topological polar surface area (TPSA) is 47.6 Å². The second-order valence-corrected chi connectivity index (χ2v) is 4.20. The van der Waals surface area contributed by atoms with Crippen LogP contribution in [0.4, 0.5) is 0 Å². The Hall–Kier alpha value is -0.610. The Kier molecular flexibility index (Phi) is 5.05. The summed E-state index contributed by atoms with van der Waals surface area (Å²) >= 11 is 0. The number of methoxy groups -OCH3 is 2. The minimum Gasteiger partial charge on any atom is -0.469 e. The first-order valence-electron chi connectivity index (χ1n) is 5.51. The zero-order valence-electron chi connectivity index (χ0n) is 9.79. The molecular weight excluding hydrogens is 194 g/mol. The fraction of sp³-hybridized carbons (Fsp3) is 0.909. The van der Waals surface area contributed by atoms with Gasteiger partial charge in [0.2, 0.25) is 0 Å². The van der Waals surface area contributed by atoms with Crippen molar-refractivity contribution in [2.45, 2.75) is 38.3 Å². The molecule has 1 N–H and O–H groups in total. The van der Waals surface area contributed by atoms with E-state index in [1.165, 1.54) is 7.11 Å². The lowest BCUT2D eigenvalue weighted by Gasteiger charge is -2.15. The van der Waals surface area contributed by atoms with Crippen molar-refractivity contribution in [2.24, 2.45) is 5.92 Å². The highest BCUT2D eigenvalue weighted by Gasteiger charge is 2.25. The van der Waals surface area contributed by atoms with Crippen LogP contribution in [0, 0.1) is 5.92 Å². The van der Waals surface area contributed by atoms with Gasteiger partial charge in [-0.25, -0.2) is 0 Å². The fourth-order valence-corrected chi connectivity index (χ4v) is 1.97. The first-order chi connectivity index (χ1) is 7.17. The van der Waals surface area contributed by atoms with Crippen LogP contribution in [0.25, 0.3) is 0 Å². The number of ether oxygens (including phenoxy) is 2. The molecule has 0 aromatic heterocycles. The Morgan fingerprint density at radius 2 is 2.20 bits per heavy atom. The highest BCUT2D eigenvalue weighted by molar-refractivity contribution is 5.72. The van der Waals surface area contributed by atoms with Gasteiger partial charge in [-0.05, 0) is 19.3 Å². The first-order valence-corrected chi connectivity index (χ1v) is 5.51. The van der Waals surface area contributed by atoms with E-state index < -0.39 is 0 Å². The number of nitrogens with one attached hydrogen (secondary N) is 1. The third kappa shape index (κ3) is 3.80. The smallest absolute Gasteiger partial charge is 0.309 e. The monoisotopic (exact) mass is 215 g/mol. The molecule has 0 heterocycles. The summed E-state index contributed by atoms with van der Waals surface area (Å²) in [5.41, 5.74) is 0. The van der Waals surface area contributed by atoms with Crippen molar-refractivity contribution in [3.05, 3.63) is 0 Å². The third-order valence-electron chi connectivity index (χ3n) is 3.03. The minimum atomic E-state index is -0.149. The number of hydrogen-bond donors (Lipinski definition) is 1. The molecule has 0 spiro atoms. The van der Waals surface area contributed by atoms with Gasteiger partial charge >= 0.3 is 5.97 Å². The van der Waals surface area contributed by atoms with Crippen LogP contribution in [-0.4, -0.2) is 38.9 Å². The van der Waals surface area contributed by atoms with Crippen LogP contribution >= 0.6 is 0 Å². The lowest BCUT2D eigenvalue weighted by atomic mass is 10.1. The summed E-state index contributed by atoms with van der Waals surface area (Å²) in [4.78, 5) is 11.2. The van der Waals surface area contributed by atoms with Crippen LogP contribution in [-0.2, 0) is 14.3 Å².